The number of aliphatic hydroxyl groups is 1. The molecule has 0 radical (unpaired) electrons. The zero-order chi connectivity index (χ0) is 9.40. The molecule has 12 heavy (non-hydrogen) atoms. The van der Waals surface area contributed by atoms with Crippen LogP contribution >= 0.6 is 0 Å². The first kappa shape index (κ1) is 11.7. The van der Waals surface area contributed by atoms with Crippen LogP contribution in [0.15, 0.2) is 11.6 Å². The predicted octanol–water partition coefficient (Wildman–Crippen LogP) is 3.28. The Morgan fingerprint density at radius 1 is 1.33 bits per heavy atom. The molecule has 0 heterocycles. The van der Waals surface area contributed by atoms with Gasteiger partial charge in [0.2, 0.25) is 0 Å². The number of allylic oxidation sites excluding steroid dienone is 1. The van der Waals surface area contributed by atoms with E-state index < -0.39 is 0 Å². The highest BCUT2D eigenvalue weighted by Crippen LogP contribution is 2.11. The Bertz CT molecular complexity index is 127. The van der Waals surface area contributed by atoms with Gasteiger partial charge in [0.25, 0.3) is 0 Å². The number of aliphatic hydroxyl groups excluding tert-OH is 1. The molecule has 0 aromatic heterocycles. The van der Waals surface area contributed by atoms with Crippen molar-refractivity contribution in [3.63, 3.8) is 0 Å². The molecule has 0 aliphatic heterocycles. The molecule has 0 aliphatic rings. The Kier molecular flexibility index (Phi) is 7.17. The van der Waals surface area contributed by atoms with E-state index in [1.165, 1.54) is 12.8 Å². The van der Waals surface area contributed by atoms with Gasteiger partial charge in [0, 0.05) is 0 Å². The maximum absolute atomic E-state index is 9.61. The van der Waals surface area contributed by atoms with E-state index in [1.54, 1.807) is 0 Å². The summed E-state index contributed by atoms with van der Waals surface area (Å²) in [5, 5.41) is 9.61. The third-order valence-electron chi connectivity index (χ3n) is 2.13. The summed E-state index contributed by atoms with van der Waals surface area (Å²) in [6, 6.07) is 0. The predicted molar refractivity (Wildman–Crippen MR) is 54.2 cm³/mol. The molecule has 1 nitrogen and oxygen atoms in total. The molecule has 0 fully saturated rings. The lowest BCUT2D eigenvalue weighted by atomic mass is 10.0. The first-order chi connectivity index (χ1) is 5.72. The fourth-order valence-electron chi connectivity index (χ4n) is 1.27. The number of rotatable bonds is 6. The van der Waals surface area contributed by atoms with Crippen molar-refractivity contribution in [1.82, 2.24) is 0 Å². The van der Waals surface area contributed by atoms with E-state index in [2.05, 4.69) is 19.9 Å². The van der Waals surface area contributed by atoms with Gasteiger partial charge in [-0.1, -0.05) is 39.2 Å². The van der Waals surface area contributed by atoms with Crippen LogP contribution in [0.5, 0.6) is 0 Å². The Balaban J connectivity index is 3.56. The molecule has 1 N–H and O–H groups in total. The van der Waals surface area contributed by atoms with Crippen molar-refractivity contribution in [3.8, 4) is 0 Å². The van der Waals surface area contributed by atoms with Gasteiger partial charge in [-0.05, 0) is 25.3 Å². The summed E-state index contributed by atoms with van der Waals surface area (Å²) in [6.45, 7) is 6.30. The van der Waals surface area contributed by atoms with Crippen LogP contribution in [0.25, 0.3) is 0 Å². The Morgan fingerprint density at radius 3 is 2.50 bits per heavy atom. The highest BCUT2D eigenvalue weighted by Gasteiger charge is 2.04. The fourth-order valence-corrected chi connectivity index (χ4v) is 1.27. The number of hydrogen-bond donors (Lipinski definition) is 1. The Labute approximate surface area is 76.5 Å². The first-order valence-corrected chi connectivity index (χ1v) is 5.07. The molecule has 0 amide bonds. The molecule has 0 rings (SSSR count). The van der Waals surface area contributed by atoms with Gasteiger partial charge in [-0.3, -0.25) is 0 Å². The Hall–Kier alpha value is -0.300. The lowest BCUT2D eigenvalue weighted by molar-refractivity contribution is 0.196. The molecule has 0 aromatic carbocycles. The number of hydrogen-bond acceptors (Lipinski definition) is 1. The van der Waals surface area contributed by atoms with Crippen LogP contribution in [0.2, 0.25) is 0 Å². The van der Waals surface area contributed by atoms with Gasteiger partial charge < -0.3 is 5.11 Å². The van der Waals surface area contributed by atoms with E-state index in [4.69, 9.17) is 0 Å². The second-order valence-corrected chi connectivity index (χ2v) is 3.37. The second-order valence-electron chi connectivity index (χ2n) is 3.37. The molecule has 0 spiro atoms. The van der Waals surface area contributed by atoms with E-state index in [1.807, 2.05) is 6.92 Å². The highest BCUT2D eigenvalue weighted by atomic mass is 16.3. The minimum atomic E-state index is -0.198. The van der Waals surface area contributed by atoms with Crippen LogP contribution in [0, 0.1) is 0 Å². The molecule has 72 valence electrons. The maximum Gasteiger partial charge on any atom is 0.0747 e. The summed E-state index contributed by atoms with van der Waals surface area (Å²) in [5.41, 5.74) is 1.13. The van der Waals surface area contributed by atoms with Gasteiger partial charge in [0.05, 0.1) is 6.10 Å². The van der Waals surface area contributed by atoms with Gasteiger partial charge in [-0.2, -0.15) is 0 Å². The van der Waals surface area contributed by atoms with Crippen LogP contribution in [0.1, 0.15) is 52.9 Å². The molecule has 0 unspecified atom stereocenters. The smallest absolute Gasteiger partial charge is 0.0747 e. The molecule has 0 aromatic rings. The minimum absolute atomic E-state index is 0.198. The third-order valence-corrected chi connectivity index (χ3v) is 2.13. The van der Waals surface area contributed by atoms with Crippen molar-refractivity contribution in [2.45, 2.75) is 59.0 Å². The zero-order valence-corrected chi connectivity index (χ0v) is 8.64. The van der Waals surface area contributed by atoms with Crippen LogP contribution in [0.4, 0.5) is 0 Å². The van der Waals surface area contributed by atoms with Crippen molar-refractivity contribution >= 4 is 0 Å². The lowest BCUT2D eigenvalue weighted by Gasteiger charge is -2.10. The lowest BCUT2D eigenvalue weighted by Crippen LogP contribution is -2.07. The van der Waals surface area contributed by atoms with E-state index in [0.717, 1.165) is 24.8 Å². The van der Waals surface area contributed by atoms with Crippen molar-refractivity contribution in [1.29, 1.82) is 0 Å². The minimum Gasteiger partial charge on any atom is -0.389 e. The van der Waals surface area contributed by atoms with Crippen molar-refractivity contribution in [2.75, 3.05) is 0 Å². The fraction of sp³-hybridized carbons (Fsp3) is 0.818. The van der Waals surface area contributed by atoms with Crippen LogP contribution < -0.4 is 0 Å². The maximum atomic E-state index is 9.61. The van der Waals surface area contributed by atoms with Crippen molar-refractivity contribution < 1.29 is 5.11 Å². The van der Waals surface area contributed by atoms with Gasteiger partial charge in [0.1, 0.15) is 0 Å². The Morgan fingerprint density at radius 2 is 2.00 bits per heavy atom. The van der Waals surface area contributed by atoms with Crippen molar-refractivity contribution in [2.24, 2.45) is 0 Å². The monoisotopic (exact) mass is 170 g/mol. The van der Waals surface area contributed by atoms with Gasteiger partial charge in [-0.25, -0.2) is 0 Å². The standard InChI is InChI=1S/C11H22O/c1-4-6-7-9-11(12)10(3)8-5-2/h8,11-12H,4-7,9H2,1-3H3/b10-8+/t11-/m0/s1. The van der Waals surface area contributed by atoms with E-state index >= 15 is 0 Å². The summed E-state index contributed by atoms with van der Waals surface area (Å²) in [5.74, 6) is 0. The van der Waals surface area contributed by atoms with Crippen LogP contribution in [-0.4, -0.2) is 11.2 Å². The van der Waals surface area contributed by atoms with Crippen molar-refractivity contribution in [3.05, 3.63) is 11.6 Å². The normalized spacial score (nSPS) is 14.8. The first-order valence-electron chi connectivity index (χ1n) is 5.07. The summed E-state index contributed by atoms with van der Waals surface area (Å²) in [4.78, 5) is 0. The molecule has 0 bridgehead atoms. The molecule has 0 aliphatic carbocycles. The van der Waals surface area contributed by atoms with E-state index in [9.17, 15) is 5.11 Å². The topological polar surface area (TPSA) is 20.2 Å². The highest BCUT2D eigenvalue weighted by molar-refractivity contribution is 5.03. The molecule has 0 saturated carbocycles. The summed E-state index contributed by atoms with van der Waals surface area (Å²) < 4.78 is 0. The summed E-state index contributed by atoms with van der Waals surface area (Å²) >= 11 is 0. The summed E-state index contributed by atoms with van der Waals surface area (Å²) in [6.07, 6.45) is 7.46. The zero-order valence-electron chi connectivity index (χ0n) is 8.64. The molecular weight excluding hydrogens is 148 g/mol. The number of unbranched alkanes of at least 4 members (excludes halogenated alkanes) is 2. The largest absolute Gasteiger partial charge is 0.389 e. The molecule has 1 atom stereocenters. The summed E-state index contributed by atoms with van der Waals surface area (Å²) in [7, 11) is 0. The van der Waals surface area contributed by atoms with E-state index in [0.29, 0.717) is 0 Å². The average molecular weight is 170 g/mol. The quantitative estimate of drug-likeness (QED) is 0.479. The third kappa shape index (κ3) is 5.36. The molecule has 0 saturated heterocycles. The SMILES string of the molecule is CC/C=C(\C)[C@@H](O)CCCCC. The van der Waals surface area contributed by atoms with Gasteiger partial charge >= 0.3 is 0 Å². The van der Waals surface area contributed by atoms with Crippen LogP contribution in [0.3, 0.4) is 0 Å². The van der Waals surface area contributed by atoms with Crippen LogP contribution in [-0.2, 0) is 0 Å². The molecular formula is C11H22O. The average Bonchev–Trinajstić information content (AvgIpc) is 2.05. The van der Waals surface area contributed by atoms with Gasteiger partial charge in [0.15, 0.2) is 0 Å². The molecule has 1 heteroatoms. The van der Waals surface area contributed by atoms with E-state index in [-0.39, 0.29) is 6.10 Å². The van der Waals surface area contributed by atoms with Gasteiger partial charge in [-0.15, -0.1) is 0 Å². The second kappa shape index (κ2) is 7.35.